The molecule has 1 saturated heterocycles. The van der Waals surface area contributed by atoms with E-state index in [1.807, 2.05) is 0 Å². The summed E-state index contributed by atoms with van der Waals surface area (Å²) in [5.41, 5.74) is 7.31. The average molecular weight is 355 g/mol. The Bertz CT molecular complexity index is 523. The highest BCUT2D eigenvalue weighted by Crippen LogP contribution is 2.42. The summed E-state index contributed by atoms with van der Waals surface area (Å²) in [5, 5.41) is 0. The van der Waals surface area contributed by atoms with E-state index in [2.05, 4.69) is 46.8 Å². The molecule has 2 aliphatic heterocycles. The maximum absolute atomic E-state index is 6.11. The summed E-state index contributed by atoms with van der Waals surface area (Å²) in [7, 11) is 0. The molecule has 0 spiro atoms. The number of hydrogen-bond acceptors (Lipinski definition) is 4. The SMILES string of the molecule is CC1CCCN(C(CN)c2cc(Br)c3c(c2)OCO3)C1C. The van der Waals surface area contributed by atoms with E-state index >= 15 is 0 Å². The molecule has 0 bridgehead atoms. The van der Waals surface area contributed by atoms with Crippen LogP contribution in [0.3, 0.4) is 0 Å². The molecular formula is C16H23BrN2O2. The molecule has 0 amide bonds. The van der Waals surface area contributed by atoms with E-state index in [1.165, 1.54) is 18.4 Å². The Labute approximate surface area is 134 Å². The number of fused-ring (bicyclic) bond motifs is 1. The van der Waals surface area contributed by atoms with Gasteiger partial charge in [-0.15, -0.1) is 0 Å². The molecule has 1 aromatic rings. The zero-order chi connectivity index (χ0) is 15.0. The van der Waals surface area contributed by atoms with E-state index in [0.29, 0.717) is 25.3 Å². The van der Waals surface area contributed by atoms with Gasteiger partial charge >= 0.3 is 0 Å². The molecule has 5 heteroatoms. The zero-order valence-corrected chi connectivity index (χ0v) is 14.2. The lowest BCUT2D eigenvalue weighted by Gasteiger charge is -2.42. The maximum Gasteiger partial charge on any atom is 0.231 e. The summed E-state index contributed by atoms with van der Waals surface area (Å²) in [5.74, 6) is 2.33. The van der Waals surface area contributed by atoms with Crippen LogP contribution < -0.4 is 15.2 Å². The summed E-state index contributed by atoms with van der Waals surface area (Å²) in [4.78, 5) is 2.54. The molecule has 1 fully saturated rings. The second-order valence-electron chi connectivity index (χ2n) is 6.09. The van der Waals surface area contributed by atoms with Gasteiger partial charge in [0.15, 0.2) is 11.5 Å². The highest BCUT2D eigenvalue weighted by atomic mass is 79.9. The predicted molar refractivity (Wildman–Crippen MR) is 86.6 cm³/mol. The van der Waals surface area contributed by atoms with Crippen LogP contribution in [0.15, 0.2) is 16.6 Å². The molecule has 2 N–H and O–H groups in total. The van der Waals surface area contributed by atoms with Gasteiger partial charge in [0, 0.05) is 18.6 Å². The van der Waals surface area contributed by atoms with Gasteiger partial charge in [-0.05, 0) is 65.9 Å². The van der Waals surface area contributed by atoms with Crippen LogP contribution in [-0.2, 0) is 0 Å². The lowest BCUT2D eigenvalue weighted by Crippen LogP contribution is -2.46. The van der Waals surface area contributed by atoms with E-state index < -0.39 is 0 Å². The van der Waals surface area contributed by atoms with Crippen LogP contribution >= 0.6 is 15.9 Å². The lowest BCUT2D eigenvalue weighted by molar-refractivity contribution is 0.0708. The van der Waals surface area contributed by atoms with Crippen molar-refractivity contribution in [2.75, 3.05) is 19.9 Å². The fraction of sp³-hybridized carbons (Fsp3) is 0.625. The molecule has 21 heavy (non-hydrogen) atoms. The summed E-state index contributed by atoms with van der Waals surface area (Å²) < 4.78 is 12.0. The average Bonchev–Trinajstić information content (AvgIpc) is 2.93. The van der Waals surface area contributed by atoms with Gasteiger partial charge in [-0.3, -0.25) is 4.90 Å². The Morgan fingerprint density at radius 2 is 2.19 bits per heavy atom. The first kappa shape index (κ1) is 15.1. The van der Waals surface area contributed by atoms with Gasteiger partial charge in [0.1, 0.15) is 0 Å². The van der Waals surface area contributed by atoms with Crippen LogP contribution in [0.2, 0.25) is 0 Å². The van der Waals surface area contributed by atoms with E-state index in [-0.39, 0.29) is 6.04 Å². The van der Waals surface area contributed by atoms with Crippen molar-refractivity contribution in [3.8, 4) is 11.5 Å². The topological polar surface area (TPSA) is 47.7 Å². The Morgan fingerprint density at radius 1 is 1.38 bits per heavy atom. The van der Waals surface area contributed by atoms with Gasteiger partial charge in [0.2, 0.25) is 6.79 Å². The molecule has 0 aliphatic carbocycles. The van der Waals surface area contributed by atoms with Crippen LogP contribution in [-0.4, -0.2) is 30.8 Å². The fourth-order valence-corrected chi connectivity index (χ4v) is 4.02. The maximum atomic E-state index is 6.11. The third-order valence-electron chi connectivity index (χ3n) is 4.88. The van der Waals surface area contributed by atoms with Crippen molar-refractivity contribution >= 4 is 15.9 Å². The number of piperidine rings is 1. The van der Waals surface area contributed by atoms with Crippen molar-refractivity contribution < 1.29 is 9.47 Å². The van der Waals surface area contributed by atoms with Gasteiger partial charge < -0.3 is 15.2 Å². The van der Waals surface area contributed by atoms with Crippen LogP contribution in [0.25, 0.3) is 0 Å². The molecule has 1 aromatic carbocycles. The Balaban J connectivity index is 1.91. The third-order valence-corrected chi connectivity index (χ3v) is 5.47. The second-order valence-corrected chi connectivity index (χ2v) is 6.94. The molecule has 116 valence electrons. The molecule has 0 radical (unpaired) electrons. The first-order valence-electron chi connectivity index (χ1n) is 7.66. The van der Waals surface area contributed by atoms with Crippen molar-refractivity contribution in [2.24, 2.45) is 11.7 Å². The number of hydrogen-bond donors (Lipinski definition) is 1. The largest absolute Gasteiger partial charge is 0.454 e. The van der Waals surface area contributed by atoms with E-state index in [0.717, 1.165) is 22.5 Å². The first-order valence-corrected chi connectivity index (χ1v) is 8.46. The van der Waals surface area contributed by atoms with Crippen molar-refractivity contribution in [1.29, 1.82) is 0 Å². The van der Waals surface area contributed by atoms with E-state index in [1.54, 1.807) is 0 Å². The van der Waals surface area contributed by atoms with Crippen molar-refractivity contribution in [2.45, 2.75) is 38.8 Å². The molecule has 3 rings (SSSR count). The normalized spacial score (nSPS) is 26.9. The summed E-state index contributed by atoms with van der Waals surface area (Å²) in [6.45, 7) is 6.67. The van der Waals surface area contributed by atoms with Gasteiger partial charge in [0.25, 0.3) is 0 Å². The van der Waals surface area contributed by atoms with Gasteiger partial charge in [-0.1, -0.05) is 6.92 Å². The number of likely N-dealkylation sites (tertiary alicyclic amines) is 1. The van der Waals surface area contributed by atoms with E-state index in [4.69, 9.17) is 15.2 Å². The highest BCUT2D eigenvalue weighted by Gasteiger charge is 2.31. The first-order chi connectivity index (χ1) is 10.1. The molecule has 3 unspecified atom stereocenters. The Morgan fingerprint density at radius 3 is 2.95 bits per heavy atom. The molecule has 0 aromatic heterocycles. The lowest BCUT2D eigenvalue weighted by atomic mass is 9.89. The molecular weight excluding hydrogens is 332 g/mol. The van der Waals surface area contributed by atoms with E-state index in [9.17, 15) is 0 Å². The van der Waals surface area contributed by atoms with Crippen molar-refractivity contribution in [3.05, 3.63) is 22.2 Å². The molecule has 4 nitrogen and oxygen atoms in total. The quantitative estimate of drug-likeness (QED) is 0.904. The van der Waals surface area contributed by atoms with Crippen LogP contribution in [0.1, 0.15) is 38.3 Å². The van der Waals surface area contributed by atoms with Crippen LogP contribution in [0, 0.1) is 5.92 Å². The number of benzene rings is 1. The van der Waals surface area contributed by atoms with Crippen molar-refractivity contribution in [3.63, 3.8) is 0 Å². The number of halogens is 1. The summed E-state index contributed by atoms with van der Waals surface area (Å²) in [6.07, 6.45) is 2.55. The molecule has 3 atom stereocenters. The second kappa shape index (κ2) is 6.15. The zero-order valence-electron chi connectivity index (χ0n) is 12.6. The standard InChI is InChI=1S/C16H23BrN2O2/c1-10-4-3-5-19(11(10)2)14(8-18)12-6-13(17)16-15(7-12)20-9-21-16/h6-7,10-11,14H,3-5,8-9,18H2,1-2H3. The molecule has 2 heterocycles. The summed E-state index contributed by atoms with van der Waals surface area (Å²) in [6, 6.07) is 4.98. The Kier molecular flexibility index (Phi) is 4.43. The van der Waals surface area contributed by atoms with Gasteiger partial charge in [-0.25, -0.2) is 0 Å². The third kappa shape index (κ3) is 2.79. The number of ether oxygens (including phenoxy) is 2. The van der Waals surface area contributed by atoms with Crippen LogP contribution in [0.4, 0.5) is 0 Å². The number of nitrogens with two attached hydrogens (primary N) is 1. The van der Waals surface area contributed by atoms with Gasteiger partial charge in [-0.2, -0.15) is 0 Å². The number of rotatable bonds is 3. The summed E-state index contributed by atoms with van der Waals surface area (Å²) >= 11 is 3.58. The van der Waals surface area contributed by atoms with Crippen molar-refractivity contribution in [1.82, 2.24) is 4.90 Å². The minimum Gasteiger partial charge on any atom is -0.454 e. The number of nitrogens with zero attached hydrogens (tertiary/aromatic N) is 1. The minimum absolute atomic E-state index is 0.230. The highest BCUT2D eigenvalue weighted by molar-refractivity contribution is 9.10. The Hall–Kier alpha value is -0.780. The monoisotopic (exact) mass is 354 g/mol. The molecule has 0 saturated carbocycles. The fourth-order valence-electron chi connectivity index (χ4n) is 3.45. The van der Waals surface area contributed by atoms with Gasteiger partial charge in [0.05, 0.1) is 4.47 Å². The molecule has 2 aliphatic rings. The smallest absolute Gasteiger partial charge is 0.231 e. The minimum atomic E-state index is 0.230. The van der Waals surface area contributed by atoms with Crippen LogP contribution in [0.5, 0.6) is 11.5 Å². The predicted octanol–water partition coefficient (Wildman–Crippen LogP) is 3.30.